The highest BCUT2D eigenvalue weighted by molar-refractivity contribution is 5.38. The van der Waals surface area contributed by atoms with Crippen LogP contribution in [0.4, 0.5) is 0 Å². The van der Waals surface area contributed by atoms with Crippen LogP contribution in [0.15, 0.2) is 54.6 Å². The summed E-state index contributed by atoms with van der Waals surface area (Å²) in [5.41, 5.74) is 2.66. The molecule has 22 heavy (non-hydrogen) atoms. The number of morpholine rings is 1. The van der Waals surface area contributed by atoms with E-state index in [1.807, 2.05) is 6.07 Å². The second-order valence-corrected chi connectivity index (χ2v) is 5.97. The van der Waals surface area contributed by atoms with Gasteiger partial charge in [-0.05, 0) is 18.1 Å². The van der Waals surface area contributed by atoms with E-state index in [4.69, 9.17) is 9.47 Å². The molecule has 2 atom stereocenters. The molecule has 0 radical (unpaired) electrons. The molecule has 0 spiro atoms. The van der Waals surface area contributed by atoms with Crippen molar-refractivity contribution >= 4 is 0 Å². The van der Waals surface area contributed by atoms with Crippen molar-refractivity contribution in [2.45, 2.75) is 18.6 Å². The minimum absolute atomic E-state index is 0.152. The fourth-order valence-corrected chi connectivity index (χ4v) is 3.52. The van der Waals surface area contributed by atoms with E-state index in [0.717, 1.165) is 31.9 Å². The first-order chi connectivity index (χ1) is 10.9. The lowest BCUT2D eigenvalue weighted by Crippen LogP contribution is -2.50. The van der Waals surface area contributed by atoms with Gasteiger partial charge in [-0.25, -0.2) is 0 Å². The van der Waals surface area contributed by atoms with Gasteiger partial charge in [0.2, 0.25) is 0 Å². The molecule has 0 bridgehead atoms. The van der Waals surface area contributed by atoms with Gasteiger partial charge in [0.1, 0.15) is 18.5 Å². The normalized spacial score (nSPS) is 24.2. The molecule has 2 aliphatic rings. The molecule has 3 nitrogen and oxygen atoms in total. The van der Waals surface area contributed by atoms with E-state index < -0.39 is 0 Å². The Balaban J connectivity index is 1.55. The zero-order valence-corrected chi connectivity index (χ0v) is 12.7. The molecule has 0 aliphatic carbocycles. The predicted molar refractivity (Wildman–Crippen MR) is 86.1 cm³/mol. The number of benzene rings is 2. The van der Waals surface area contributed by atoms with Gasteiger partial charge in [0.05, 0.1) is 12.6 Å². The van der Waals surface area contributed by atoms with Gasteiger partial charge in [-0.1, -0.05) is 48.5 Å². The van der Waals surface area contributed by atoms with Gasteiger partial charge in [-0.15, -0.1) is 0 Å². The maximum Gasteiger partial charge on any atom is 0.124 e. The highest BCUT2D eigenvalue weighted by atomic mass is 16.5. The van der Waals surface area contributed by atoms with Crippen LogP contribution in [0.2, 0.25) is 0 Å². The summed E-state index contributed by atoms with van der Waals surface area (Å²) in [6, 6.07) is 19.4. The first-order valence-electron chi connectivity index (χ1n) is 8.03. The van der Waals surface area contributed by atoms with Crippen LogP contribution in [-0.4, -0.2) is 37.3 Å². The molecule has 0 unspecified atom stereocenters. The Morgan fingerprint density at radius 3 is 2.73 bits per heavy atom. The first-order valence-corrected chi connectivity index (χ1v) is 8.03. The fourth-order valence-electron chi connectivity index (χ4n) is 3.52. The van der Waals surface area contributed by atoms with Gasteiger partial charge in [-0.2, -0.15) is 0 Å². The molecule has 4 rings (SSSR count). The van der Waals surface area contributed by atoms with Crippen molar-refractivity contribution in [1.29, 1.82) is 0 Å². The lowest BCUT2D eigenvalue weighted by atomic mass is 9.95. The van der Waals surface area contributed by atoms with Crippen molar-refractivity contribution in [3.05, 3.63) is 65.7 Å². The van der Waals surface area contributed by atoms with Gasteiger partial charge in [-0.3, -0.25) is 4.90 Å². The highest BCUT2D eigenvalue weighted by Gasteiger charge is 2.38. The number of hydrogen-bond acceptors (Lipinski definition) is 3. The summed E-state index contributed by atoms with van der Waals surface area (Å²) in [6.07, 6.45) is 1.23. The summed E-state index contributed by atoms with van der Waals surface area (Å²) >= 11 is 0. The summed E-state index contributed by atoms with van der Waals surface area (Å²) in [4.78, 5) is 2.56. The number of fused-ring (bicyclic) bond motifs is 3. The second-order valence-electron chi connectivity index (χ2n) is 5.97. The van der Waals surface area contributed by atoms with Crippen LogP contribution in [0.25, 0.3) is 0 Å². The molecule has 0 aromatic heterocycles. The molecule has 1 fully saturated rings. The zero-order valence-electron chi connectivity index (χ0n) is 12.7. The van der Waals surface area contributed by atoms with E-state index in [1.165, 1.54) is 11.1 Å². The molecule has 2 heterocycles. The molecular formula is C19H21NO2. The zero-order chi connectivity index (χ0) is 14.8. The van der Waals surface area contributed by atoms with Crippen LogP contribution < -0.4 is 4.74 Å². The fraction of sp³-hybridized carbons (Fsp3) is 0.368. The van der Waals surface area contributed by atoms with Gasteiger partial charge in [0.25, 0.3) is 0 Å². The second kappa shape index (κ2) is 6.11. The number of ether oxygens (including phenoxy) is 2. The number of hydrogen-bond donors (Lipinski definition) is 0. The molecule has 1 saturated heterocycles. The van der Waals surface area contributed by atoms with Crippen LogP contribution in [0, 0.1) is 0 Å². The SMILES string of the molecule is c1ccc(CCN2CCO[C@H]3COc4ccccc4[C@H]32)cc1. The molecule has 3 heteroatoms. The lowest BCUT2D eigenvalue weighted by Gasteiger charge is -2.44. The van der Waals surface area contributed by atoms with E-state index in [2.05, 4.69) is 53.4 Å². The van der Waals surface area contributed by atoms with Crippen LogP contribution in [0.1, 0.15) is 17.2 Å². The molecule has 114 valence electrons. The molecule has 0 N–H and O–H groups in total. The average Bonchev–Trinajstić information content (AvgIpc) is 2.60. The van der Waals surface area contributed by atoms with E-state index in [-0.39, 0.29) is 6.10 Å². The van der Waals surface area contributed by atoms with Gasteiger partial charge >= 0.3 is 0 Å². The Hall–Kier alpha value is -1.84. The van der Waals surface area contributed by atoms with Gasteiger partial charge in [0, 0.05) is 18.7 Å². The summed E-state index contributed by atoms with van der Waals surface area (Å²) in [7, 11) is 0. The highest BCUT2D eigenvalue weighted by Crippen LogP contribution is 2.38. The van der Waals surface area contributed by atoms with Crippen molar-refractivity contribution in [2.75, 3.05) is 26.3 Å². The van der Waals surface area contributed by atoms with Crippen molar-refractivity contribution < 1.29 is 9.47 Å². The summed E-state index contributed by atoms with van der Waals surface area (Å²) in [5, 5.41) is 0. The molecule has 2 aromatic rings. The monoisotopic (exact) mass is 295 g/mol. The third-order valence-electron chi connectivity index (χ3n) is 4.63. The average molecular weight is 295 g/mol. The summed E-state index contributed by atoms with van der Waals surface area (Å²) in [6.45, 7) is 3.50. The van der Waals surface area contributed by atoms with Crippen LogP contribution in [0.5, 0.6) is 5.75 Å². The van der Waals surface area contributed by atoms with Crippen molar-refractivity contribution in [3.8, 4) is 5.75 Å². The van der Waals surface area contributed by atoms with Crippen molar-refractivity contribution in [3.63, 3.8) is 0 Å². The Morgan fingerprint density at radius 1 is 1.00 bits per heavy atom. The Labute approximate surface area is 131 Å². The van der Waals surface area contributed by atoms with E-state index in [9.17, 15) is 0 Å². The predicted octanol–water partition coefficient (Wildman–Crippen LogP) is 3.06. The Bertz CT molecular complexity index is 628. The van der Waals surface area contributed by atoms with E-state index in [0.29, 0.717) is 12.6 Å². The molecule has 0 amide bonds. The maximum absolute atomic E-state index is 5.95. The number of rotatable bonds is 3. The van der Waals surface area contributed by atoms with E-state index in [1.54, 1.807) is 0 Å². The minimum Gasteiger partial charge on any atom is -0.490 e. The van der Waals surface area contributed by atoms with Gasteiger partial charge < -0.3 is 9.47 Å². The molecule has 2 aliphatic heterocycles. The molecular weight excluding hydrogens is 274 g/mol. The quantitative estimate of drug-likeness (QED) is 0.868. The van der Waals surface area contributed by atoms with E-state index >= 15 is 0 Å². The third kappa shape index (κ3) is 2.62. The maximum atomic E-state index is 5.95. The standard InChI is InChI=1S/C19H21NO2/c1-2-6-15(7-3-1)10-11-20-12-13-21-18-14-22-17-9-5-4-8-16(17)19(18)20/h1-9,18-19H,10-14H2/t18-,19+/m0/s1. The first kappa shape index (κ1) is 13.8. The Kier molecular flexibility index (Phi) is 3.83. The Morgan fingerprint density at radius 2 is 1.82 bits per heavy atom. The number of nitrogens with zero attached hydrogens (tertiary/aromatic N) is 1. The minimum atomic E-state index is 0.152. The van der Waals surface area contributed by atoms with Crippen LogP contribution in [-0.2, 0) is 11.2 Å². The van der Waals surface area contributed by atoms with Crippen molar-refractivity contribution in [2.24, 2.45) is 0 Å². The third-order valence-corrected chi connectivity index (χ3v) is 4.63. The van der Waals surface area contributed by atoms with Crippen LogP contribution >= 0.6 is 0 Å². The molecule has 2 aromatic carbocycles. The largest absolute Gasteiger partial charge is 0.490 e. The van der Waals surface area contributed by atoms with Crippen LogP contribution in [0.3, 0.4) is 0 Å². The van der Waals surface area contributed by atoms with Crippen molar-refractivity contribution in [1.82, 2.24) is 4.90 Å². The topological polar surface area (TPSA) is 21.7 Å². The summed E-state index contributed by atoms with van der Waals surface area (Å²) in [5.74, 6) is 1.01. The lowest BCUT2D eigenvalue weighted by molar-refractivity contribution is -0.0985. The molecule has 0 saturated carbocycles. The smallest absolute Gasteiger partial charge is 0.124 e. The number of para-hydroxylation sites is 1. The van der Waals surface area contributed by atoms with Gasteiger partial charge in [0.15, 0.2) is 0 Å². The summed E-state index contributed by atoms with van der Waals surface area (Å²) < 4.78 is 11.8.